The quantitative estimate of drug-likeness (QED) is 0.684. The van der Waals surface area contributed by atoms with Gasteiger partial charge in [-0.3, -0.25) is 4.79 Å². The number of halogens is 1. The van der Waals surface area contributed by atoms with Crippen molar-refractivity contribution in [1.82, 2.24) is 5.32 Å². The van der Waals surface area contributed by atoms with Crippen molar-refractivity contribution in [2.75, 3.05) is 19.8 Å². The van der Waals surface area contributed by atoms with Crippen LogP contribution in [0.25, 0.3) is 0 Å². The molecule has 0 aromatic heterocycles. The van der Waals surface area contributed by atoms with Gasteiger partial charge in [0.2, 0.25) is 0 Å². The van der Waals surface area contributed by atoms with E-state index in [2.05, 4.69) is 12.2 Å². The smallest absolute Gasteiger partial charge is 0.258 e. The van der Waals surface area contributed by atoms with Gasteiger partial charge in [0, 0.05) is 6.54 Å². The predicted molar refractivity (Wildman–Crippen MR) is 95.5 cm³/mol. The molecular weight excluding hydrogens is 316 g/mol. The SMILES string of the molecule is CCCOc1ccc(OCC(=O)NC(CC)(CC)CN)cc1.Cl. The number of benzene rings is 1. The molecule has 1 aromatic carbocycles. The second-order valence-corrected chi connectivity index (χ2v) is 5.35. The van der Waals surface area contributed by atoms with Crippen LogP contribution in [-0.4, -0.2) is 31.2 Å². The minimum atomic E-state index is -0.335. The monoisotopic (exact) mass is 344 g/mol. The molecule has 0 saturated heterocycles. The predicted octanol–water partition coefficient (Wildman–Crippen LogP) is 2.91. The summed E-state index contributed by atoms with van der Waals surface area (Å²) >= 11 is 0. The van der Waals surface area contributed by atoms with Crippen molar-refractivity contribution in [1.29, 1.82) is 0 Å². The van der Waals surface area contributed by atoms with E-state index in [9.17, 15) is 4.79 Å². The molecule has 0 bridgehead atoms. The summed E-state index contributed by atoms with van der Waals surface area (Å²) in [4.78, 5) is 12.0. The molecule has 0 aliphatic rings. The van der Waals surface area contributed by atoms with Crippen LogP contribution >= 0.6 is 12.4 Å². The first kappa shape index (κ1) is 21.5. The number of rotatable bonds is 10. The van der Waals surface area contributed by atoms with Crippen LogP contribution in [0.5, 0.6) is 11.5 Å². The number of hydrogen-bond acceptors (Lipinski definition) is 4. The number of carbonyl (C=O) groups is 1. The molecule has 0 fully saturated rings. The zero-order valence-electron chi connectivity index (χ0n) is 14.3. The minimum absolute atomic E-state index is 0. The highest BCUT2D eigenvalue weighted by Crippen LogP contribution is 2.18. The number of carbonyl (C=O) groups excluding carboxylic acids is 1. The molecule has 0 atom stereocenters. The lowest BCUT2D eigenvalue weighted by Crippen LogP contribution is -2.54. The van der Waals surface area contributed by atoms with Crippen molar-refractivity contribution in [2.45, 2.75) is 45.6 Å². The lowest BCUT2D eigenvalue weighted by atomic mass is 9.93. The van der Waals surface area contributed by atoms with Gasteiger partial charge >= 0.3 is 0 Å². The van der Waals surface area contributed by atoms with E-state index in [4.69, 9.17) is 15.2 Å². The summed E-state index contributed by atoms with van der Waals surface area (Å²) < 4.78 is 11.0. The second-order valence-electron chi connectivity index (χ2n) is 5.35. The molecule has 132 valence electrons. The van der Waals surface area contributed by atoms with Crippen molar-refractivity contribution in [3.63, 3.8) is 0 Å². The van der Waals surface area contributed by atoms with Gasteiger partial charge in [0.25, 0.3) is 5.91 Å². The normalized spacial score (nSPS) is 10.6. The van der Waals surface area contributed by atoms with Gasteiger partial charge < -0.3 is 20.5 Å². The van der Waals surface area contributed by atoms with E-state index >= 15 is 0 Å². The van der Waals surface area contributed by atoms with Gasteiger partial charge in [-0.25, -0.2) is 0 Å². The van der Waals surface area contributed by atoms with Crippen LogP contribution in [0.1, 0.15) is 40.0 Å². The summed E-state index contributed by atoms with van der Waals surface area (Å²) in [6.45, 7) is 7.20. The molecular formula is C17H29ClN2O3. The zero-order valence-corrected chi connectivity index (χ0v) is 15.1. The van der Waals surface area contributed by atoms with Crippen molar-refractivity contribution < 1.29 is 14.3 Å². The Bertz CT molecular complexity index is 439. The molecule has 1 aromatic rings. The third-order valence-electron chi connectivity index (χ3n) is 3.82. The minimum Gasteiger partial charge on any atom is -0.494 e. The highest BCUT2D eigenvalue weighted by molar-refractivity contribution is 5.85. The third-order valence-corrected chi connectivity index (χ3v) is 3.82. The van der Waals surface area contributed by atoms with E-state index < -0.39 is 0 Å². The van der Waals surface area contributed by atoms with Crippen LogP contribution < -0.4 is 20.5 Å². The lowest BCUT2D eigenvalue weighted by molar-refractivity contribution is -0.125. The maximum absolute atomic E-state index is 12.0. The van der Waals surface area contributed by atoms with E-state index in [0.29, 0.717) is 18.9 Å². The van der Waals surface area contributed by atoms with Crippen LogP contribution in [-0.2, 0) is 4.79 Å². The molecule has 23 heavy (non-hydrogen) atoms. The van der Waals surface area contributed by atoms with Crippen molar-refractivity contribution in [2.24, 2.45) is 5.73 Å². The van der Waals surface area contributed by atoms with Crippen molar-refractivity contribution in [3.05, 3.63) is 24.3 Å². The average Bonchev–Trinajstić information content (AvgIpc) is 2.57. The van der Waals surface area contributed by atoms with Gasteiger partial charge in [0.05, 0.1) is 12.1 Å². The summed E-state index contributed by atoms with van der Waals surface area (Å²) in [6.07, 6.45) is 2.57. The number of nitrogens with one attached hydrogen (secondary N) is 1. The molecule has 0 unspecified atom stereocenters. The summed E-state index contributed by atoms with van der Waals surface area (Å²) in [6, 6.07) is 7.28. The summed E-state index contributed by atoms with van der Waals surface area (Å²) in [7, 11) is 0. The lowest BCUT2D eigenvalue weighted by Gasteiger charge is -2.31. The number of hydrogen-bond donors (Lipinski definition) is 2. The molecule has 0 saturated carbocycles. The van der Waals surface area contributed by atoms with Gasteiger partial charge in [-0.15, -0.1) is 12.4 Å². The van der Waals surface area contributed by atoms with E-state index in [1.807, 2.05) is 26.0 Å². The zero-order chi connectivity index (χ0) is 16.4. The average molecular weight is 345 g/mol. The standard InChI is InChI=1S/C17H28N2O3.ClH/c1-4-11-21-14-7-9-15(10-8-14)22-12-16(20)19-17(5-2,6-3)13-18;/h7-10H,4-6,11-13,18H2,1-3H3,(H,19,20);1H. The highest BCUT2D eigenvalue weighted by Gasteiger charge is 2.26. The Morgan fingerprint density at radius 3 is 2.04 bits per heavy atom. The number of nitrogens with two attached hydrogens (primary N) is 1. The first-order valence-corrected chi connectivity index (χ1v) is 7.95. The van der Waals surface area contributed by atoms with E-state index in [0.717, 1.165) is 25.0 Å². The fraction of sp³-hybridized carbons (Fsp3) is 0.588. The number of ether oxygens (including phenoxy) is 2. The third kappa shape index (κ3) is 7.10. The second kappa shape index (κ2) is 11.1. The largest absolute Gasteiger partial charge is 0.494 e. The van der Waals surface area contributed by atoms with E-state index in [-0.39, 0.29) is 30.5 Å². The Balaban J connectivity index is 0.00000484. The first-order chi connectivity index (χ1) is 10.6. The first-order valence-electron chi connectivity index (χ1n) is 7.95. The molecule has 0 spiro atoms. The molecule has 5 nitrogen and oxygen atoms in total. The Kier molecular flexibility index (Phi) is 10.4. The Hall–Kier alpha value is -1.46. The maximum atomic E-state index is 12.0. The van der Waals surface area contributed by atoms with Crippen LogP contribution in [0.15, 0.2) is 24.3 Å². The topological polar surface area (TPSA) is 73.6 Å². The van der Waals surface area contributed by atoms with E-state index in [1.165, 1.54) is 0 Å². The molecule has 0 aliphatic heterocycles. The molecule has 0 radical (unpaired) electrons. The van der Waals surface area contributed by atoms with Crippen molar-refractivity contribution in [3.8, 4) is 11.5 Å². The van der Waals surface area contributed by atoms with Crippen molar-refractivity contribution >= 4 is 18.3 Å². The van der Waals surface area contributed by atoms with Crippen LogP contribution in [0, 0.1) is 0 Å². The van der Waals surface area contributed by atoms with Crippen LogP contribution in [0.3, 0.4) is 0 Å². The Morgan fingerprint density at radius 1 is 1.09 bits per heavy atom. The maximum Gasteiger partial charge on any atom is 0.258 e. The van der Waals surface area contributed by atoms with Gasteiger partial charge in [0.15, 0.2) is 6.61 Å². The Labute approximate surface area is 145 Å². The molecule has 3 N–H and O–H groups in total. The molecule has 0 aliphatic carbocycles. The molecule has 0 heterocycles. The fourth-order valence-electron chi connectivity index (χ4n) is 2.10. The molecule has 1 amide bonds. The highest BCUT2D eigenvalue weighted by atomic mass is 35.5. The summed E-state index contributed by atoms with van der Waals surface area (Å²) in [5, 5.41) is 2.98. The van der Waals surface area contributed by atoms with Crippen LogP contribution in [0.2, 0.25) is 0 Å². The Morgan fingerprint density at radius 2 is 1.61 bits per heavy atom. The van der Waals surface area contributed by atoms with Gasteiger partial charge in [-0.1, -0.05) is 20.8 Å². The molecule has 1 rings (SSSR count). The van der Waals surface area contributed by atoms with Gasteiger partial charge in [-0.2, -0.15) is 0 Å². The summed E-state index contributed by atoms with van der Waals surface area (Å²) in [5.41, 5.74) is 5.44. The van der Waals surface area contributed by atoms with Gasteiger partial charge in [0.1, 0.15) is 11.5 Å². The molecule has 6 heteroatoms. The van der Waals surface area contributed by atoms with Crippen LogP contribution in [0.4, 0.5) is 0 Å². The summed E-state index contributed by atoms with van der Waals surface area (Å²) in [5.74, 6) is 1.29. The van der Waals surface area contributed by atoms with Gasteiger partial charge in [-0.05, 0) is 43.5 Å². The van der Waals surface area contributed by atoms with E-state index in [1.54, 1.807) is 12.1 Å². The number of amides is 1. The fourth-order valence-corrected chi connectivity index (χ4v) is 2.10.